The molecule has 126 valence electrons. The molecule has 0 fully saturated rings. The molecule has 0 saturated heterocycles. The molecule has 0 aromatic rings. The Morgan fingerprint density at radius 1 is 1.18 bits per heavy atom. The lowest BCUT2D eigenvalue weighted by Crippen LogP contribution is -2.04. The number of carbonyl (C=O) groups is 3. The summed E-state index contributed by atoms with van der Waals surface area (Å²) in [4.78, 5) is 39.9. The van der Waals surface area contributed by atoms with Gasteiger partial charge in [-0.1, -0.05) is 0 Å². The Balaban J connectivity index is -0.000000103. The van der Waals surface area contributed by atoms with Crippen LogP contribution in [0.5, 0.6) is 0 Å². The number of nitrogens with zero attached hydrogens (tertiary/aromatic N) is 2. The third-order valence-corrected chi connectivity index (χ3v) is 0.668. The molecule has 13 nitrogen and oxygen atoms in total. The largest absolute Gasteiger partial charge is 0.480 e. The third kappa shape index (κ3) is 89.2. The molecule has 0 aliphatic carbocycles. The number of aliphatic hydroxyl groups is 3. The highest BCUT2D eigenvalue weighted by Crippen LogP contribution is 1.65. The van der Waals surface area contributed by atoms with Crippen molar-refractivity contribution in [3.05, 3.63) is 0 Å². The SMILES string of the molecule is N#COCN=C=O.O=C(O)CO.O=COCC(=O)O.OCO. The molecule has 0 heterocycles. The number of carboxylic acids is 2. The quantitative estimate of drug-likeness (QED) is 0.0822. The zero-order valence-corrected chi connectivity index (χ0v) is 11.0. The highest BCUT2D eigenvalue weighted by molar-refractivity contribution is 5.69. The van der Waals surface area contributed by atoms with Gasteiger partial charge in [-0.3, -0.25) is 4.79 Å². The summed E-state index contributed by atoms with van der Waals surface area (Å²) in [7, 11) is 0. The van der Waals surface area contributed by atoms with E-state index in [-0.39, 0.29) is 13.2 Å². The Kier molecular flexibility index (Phi) is 38.2. The summed E-state index contributed by atoms with van der Waals surface area (Å²) in [6.07, 6.45) is 2.53. The van der Waals surface area contributed by atoms with Crippen LogP contribution in [0.25, 0.3) is 0 Å². The predicted molar refractivity (Wildman–Crippen MR) is 63.4 cm³/mol. The highest BCUT2D eigenvalue weighted by Gasteiger charge is 1.90. The fourth-order valence-electron chi connectivity index (χ4n) is 0.193. The molecule has 0 aliphatic heterocycles. The fraction of sp³-hybridized carbons (Fsp3) is 0.444. The van der Waals surface area contributed by atoms with E-state index in [2.05, 4.69) is 14.5 Å². The van der Waals surface area contributed by atoms with Gasteiger partial charge in [0, 0.05) is 0 Å². The van der Waals surface area contributed by atoms with Gasteiger partial charge in [-0.15, -0.1) is 0 Å². The van der Waals surface area contributed by atoms with Gasteiger partial charge in [-0.05, 0) is 0 Å². The average Bonchev–Trinajstić information content (AvgIpc) is 2.47. The molecule has 0 aromatic heterocycles. The zero-order chi connectivity index (χ0) is 18.2. The second-order valence-electron chi connectivity index (χ2n) is 2.11. The van der Waals surface area contributed by atoms with E-state index in [4.69, 9.17) is 35.6 Å². The van der Waals surface area contributed by atoms with E-state index in [1.54, 1.807) is 0 Å². The monoisotopic (exact) mass is 326 g/mol. The van der Waals surface area contributed by atoms with Gasteiger partial charge in [0.25, 0.3) is 12.7 Å². The number of isocyanates is 1. The lowest BCUT2D eigenvalue weighted by molar-refractivity contribution is -0.147. The average molecular weight is 326 g/mol. The van der Waals surface area contributed by atoms with E-state index >= 15 is 0 Å². The number of nitriles is 1. The summed E-state index contributed by atoms with van der Waals surface area (Å²) in [5.41, 5.74) is 0. The van der Waals surface area contributed by atoms with Crippen LogP contribution in [0.2, 0.25) is 0 Å². The van der Waals surface area contributed by atoms with Crippen molar-refractivity contribution in [2.45, 2.75) is 0 Å². The van der Waals surface area contributed by atoms with E-state index in [9.17, 15) is 14.4 Å². The van der Waals surface area contributed by atoms with Crippen molar-refractivity contribution >= 4 is 24.5 Å². The Bertz CT molecular complexity index is 359. The Morgan fingerprint density at radius 3 is 1.82 bits per heavy atom. The predicted octanol–water partition coefficient (Wildman–Crippen LogP) is -2.99. The molecule has 22 heavy (non-hydrogen) atoms. The smallest absolute Gasteiger partial charge is 0.341 e. The maximum atomic E-state index is 9.47. The molecule has 0 atom stereocenters. The summed E-state index contributed by atoms with van der Waals surface area (Å²) in [6.45, 7) is -2.21. The Hall–Kier alpha value is -3.04. The van der Waals surface area contributed by atoms with Crippen LogP contribution in [-0.2, 0) is 28.7 Å². The van der Waals surface area contributed by atoms with Crippen LogP contribution in [0.3, 0.4) is 0 Å². The number of hydrogen-bond donors (Lipinski definition) is 5. The molecule has 0 saturated carbocycles. The molecular weight excluding hydrogens is 312 g/mol. The molecular formula is C9H14N2O11. The minimum atomic E-state index is -1.19. The van der Waals surface area contributed by atoms with Gasteiger partial charge in [0.1, 0.15) is 13.4 Å². The van der Waals surface area contributed by atoms with Crippen LogP contribution in [0.15, 0.2) is 4.99 Å². The number of rotatable bonds is 6. The summed E-state index contributed by atoms with van der Waals surface area (Å²) < 4.78 is 7.77. The first-order valence-electron chi connectivity index (χ1n) is 4.73. The van der Waals surface area contributed by atoms with Crippen molar-refractivity contribution in [3.8, 4) is 6.26 Å². The van der Waals surface area contributed by atoms with Crippen LogP contribution >= 0.6 is 0 Å². The zero-order valence-electron chi connectivity index (χ0n) is 11.0. The summed E-state index contributed by atoms with van der Waals surface area (Å²) in [5, 5.41) is 44.7. The van der Waals surface area contributed by atoms with Gasteiger partial charge in [-0.2, -0.15) is 10.3 Å². The van der Waals surface area contributed by atoms with Gasteiger partial charge in [0.2, 0.25) is 12.8 Å². The van der Waals surface area contributed by atoms with E-state index < -0.39 is 31.9 Å². The minimum absolute atomic E-state index is 0.0914. The van der Waals surface area contributed by atoms with Crippen LogP contribution in [-0.4, -0.2) is 76.8 Å². The number of hydrogen-bond acceptors (Lipinski definition) is 11. The van der Waals surface area contributed by atoms with Gasteiger partial charge < -0.3 is 35.0 Å². The van der Waals surface area contributed by atoms with Crippen molar-refractivity contribution in [3.63, 3.8) is 0 Å². The number of aliphatic carboxylic acids is 2. The molecule has 0 unspecified atom stereocenters. The van der Waals surface area contributed by atoms with Crippen LogP contribution < -0.4 is 0 Å². The maximum Gasteiger partial charge on any atom is 0.341 e. The van der Waals surface area contributed by atoms with E-state index in [1.165, 1.54) is 12.3 Å². The first-order chi connectivity index (χ1) is 10.4. The van der Waals surface area contributed by atoms with E-state index in [0.717, 1.165) is 0 Å². The summed E-state index contributed by atoms with van der Waals surface area (Å²) in [5.74, 6) is -2.34. The van der Waals surface area contributed by atoms with Crippen molar-refractivity contribution < 1.29 is 54.2 Å². The second-order valence-corrected chi connectivity index (χ2v) is 2.11. The van der Waals surface area contributed by atoms with Crippen molar-refractivity contribution in [2.75, 3.05) is 26.7 Å². The third-order valence-electron chi connectivity index (χ3n) is 0.668. The molecule has 0 aliphatic rings. The number of carbonyl (C=O) groups excluding carboxylic acids is 2. The number of aliphatic imine (C=N–C) groups is 1. The second kappa shape index (κ2) is 30.8. The van der Waals surface area contributed by atoms with Gasteiger partial charge in [-0.25, -0.2) is 14.4 Å². The number of aliphatic hydroxyl groups excluding tert-OH is 2. The van der Waals surface area contributed by atoms with Crippen LogP contribution in [0.1, 0.15) is 0 Å². The first-order valence-corrected chi connectivity index (χ1v) is 4.73. The fourth-order valence-corrected chi connectivity index (χ4v) is 0.193. The molecule has 0 bridgehead atoms. The molecule has 0 rings (SSSR count). The van der Waals surface area contributed by atoms with Crippen LogP contribution in [0.4, 0.5) is 0 Å². The van der Waals surface area contributed by atoms with E-state index in [0.29, 0.717) is 0 Å². The van der Waals surface area contributed by atoms with Gasteiger partial charge in [0.15, 0.2) is 6.61 Å². The summed E-state index contributed by atoms with van der Waals surface area (Å²) >= 11 is 0. The highest BCUT2D eigenvalue weighted by atomic mass is 16.5. The van der Waals surface area contributed by atoms with Crippen molar-refractivity contribution in [1.82, 2.24) is 0 Å². The van der Waals surface area contributed by atoms with Gasteiger partial charge in [0.05, 0.1) is 0 Å². The molecule has 0 radical (unpaired) electrons. The topological polar surface area (TPSA) is 224 Å². The first kappa shape index (κ1) is 27.3. The van der Waals surface area contributed by atoms with Crippen LogP contribution in [0, 0.1) is 11.5 Å². The number of carboxylic acid groups (broad SMARTS) is 2. The molecule has 0 amide bonds. The number of ether oxygens (including phenoxy) is 2. The van der Waals surface area contributed by atoms with Gasteiger partial charge >= 0.3 is 11.9 Å². The maximum absolute atomic E-state index is 9.47. The van der Waals surface area contributed by atoms with E-state index in [1.807, 2.05) is 0 Å². The lowest BCUT2D eigenvalue weighted by atomic mass is 10.8. The Morgan fingerprint density at radius 2 is 1.64 bits per heavy atom. The lowest BCUT2D eigenvalue weighted by Gasteiger charge is -1.85. The molecule has 13 heteroatoms. The molecule has 0 aromatic carbocycles. The standard InChI is InChI=1S/C3H2N2O2.C3H4O4.C2H4O3.CH4O2/c4-1-7-3-5-2-6;4-2-7-1-3(5)6;3-1-2(4)5;2-1-3/h3H2;2H,1H2,(H,5,6);3H,1H2,(H,4,5);2-3H,1H2. The van der Waals surface area contributed by atoms with Crippen molar-refractivity contribution in [2.24, 2.45) is 4.99 Å². The minimum Gasteiger partial charge on any atom is -0.480 e. The normalized spacial score (nSPS) is 6.64. The summed E-state index contributed by atoms with van der Waals surface area (Å²) in [6, 6.07) is 0. The molecule has 0 spiro atoms. The van der Waals surface area contributed by atoms with Crippen molar-refractivity contribution in [1.29, 1.82) is 5.26 Å². The Labute approximate surface area is 123 Å². The molecule has 5 N–H and O–H groups in total.